The first-order valence-corrected chi connectivity index (χ1v) is 5.27. The molecule has 0 saturated carbocycles. The standard InChI is InChI=1S/C7H16Cl2N4O2/c1-10-7(11-2,15-12-3)13-6(14)5(9)4-8/h5,10-12H,4H2,1-3H3,(H,13,14). The van der Waals surface area contributed by atoms with E-state index in [1.54, 1.807) is 21.1 Å². The number of hydroxylamine groups is 1. The average molecular weight is 259 g/mol. The van der Waals surface area contributed by atoms with Crippen molar-refractivity contribution in [3.05, 3.63) is 0 Å². The van der Waals surface area contributed by atoms with Crippen LogP contribution in [0, 0.1) is 0 Å². The molecule has 8 heteroatoms. The molecule has 1 unspecified atom stereocenters. The van der Waals surface area contributed by atoms with Crippen LogP contribution in [0.4, 0.5) is 0 Å². The lowest BCUT2D eigenvalue weighted by Gasteiger charge is -2.32. The van der Waals surface area contributed by atoms with Gasteiger partial charge in [-0.15, -0.1) is 23.2 Å². The van der Waals surface area contributed by atoms with E-state index in [-0.39, 0.29) is 5.88 Å². The fourth-order valence-corrected chi connectivity index (χ4v) is 1.05. The molecule has 0 aromatic heterocycles. The number of carbonyl (C=O) groups is 1. The Balaban J connectivity index is 4.45. The summed E-state index contributed by atoms with van der Waals surface area (Å²) in [6, 6.07) is 0. The minimum atomic E-state index is -1.22. The monoisotopic (exact) mass is 258 g/mol. The van der Waals surface area contributed by atoms with E-state index in [2.05, 4.69) is 21.4 Å². The molecule has 0 rings (SSSR count). The van der Waals surface area contributed by atoms with Crippen LogP contribution in [0.1, 0.15) is 0 Å². The summed E-state index contributed by atoms with van der Waals surface area (Å²) < 4.78 is 0. The second-order valence-corrected chi connectivity index (χ2v) is 3.43. The van der Waals surface area contributed by atoms with Crippen molar-refractivity contribution < 1.29 is 9.63 Å². The second-order valence-electron chi connectivity index (χ2n) is 2.60. The first-order valence-electron chi connectivity index (χ1n) is 4.29. The number of amides is 1. The Morgan fingerprint density at radius 3 is 2.27 bits per heavy atom. The van der Waals surface area contributed by atoms with E-state index in [1.807, 2.05) is 0 Å². The van der Waals surface area contributed by atoms with E-state index in [0.717, 1.165) is 0 Å². The zero-order valence-electron chi connectivity index (χ0n) is 8.86. The molecule has 0 aliphatic rings. The molecule has 0 aromatic rings. The van der Waals surface area contributed by atoms with Gasteiger partial charge in [-0.3, -0.25) is 20.7 Å². The van der Waals surface area contributed by atoms with Crippen molar-refractivity contribution in [3.8, 4) is 0 Å². The Hall–Kier alpha value is -0.110. The molecule has 1 atom stereocenters. The lowest BCUT2D eigenvalue weighted by Crippen LogP contribution is -2.69. The van der Waals surface area contributed by atoms with Gasteiger partial charge in [-0.2, -0.15) is 0 Å². The van der Waals surface area contributed by atoms with Crippen LogP contribution in [0.5, 0.6) is 0 Å². The minimum Gasteiger partial charge on any atom is -0.300 e. The largest absolute Gasteiger partial charge is 0.300 e. The molecule has 0 saturated heterocycles. The number of halogens is 2. The predicted octanol–water partition coefficient (Wildman–Crippen LogP) is -0.850. The summed E-state index contributed by atoms with van der Waals surface area (Å²) >= 11 is 11.1. The van der Waals surface area contributed by atoms with Gasteiger partial charge >= 0.3 is 0 Å². The molecule has 0 bridgehead atoms. The van der Waals surface area contributed by atoms with Crippen LogP contribution in [-0.4, -0.2) is 44.3 Å². The normalized spacial score (nSPS) is 13.7. The Morgan fingerprint density at radius 2 is 1.93 bits per heavy atom. The molecule has 6 nitrogen and oxygen atoms in total. The smallest absolute Gasteiger partial charge is 0.276 e. The van der Waals surface area contributed by atoms with Crippen LogP contribution in [0.3, 0.4) is 0 Å². The van der Waals surface area contributed by atoms with E-state index in [4.69, 9.17) is 28.0 Å². The number of hydrogen-bond donors (Lipinski definition) is 4. The number of carbonyl (C=O) groups excluding carboxylic acids is 1. The first kappa shape index (κ1) is 14.9. The molecule has 4 N–H and O–H groups in total. The van der Waals surface area contributed by atoms with Gasteiger partial charge in [-0.1, -0.05) is 0 Å². The third kappa shape index (κ3) is 4.50. The minimum absolute atomic E-state index is 0.0243. The molecular weight excluding hydrogens is 243 g/mol. The van der Waals surface area contributed by atoms with Gasteiger partial charge in [-0.05, 0) is 14.1 Å². The maximum absolute atomic E-state index is 11.5. The molecule has 0 aromatic carbocycles. The zero-order chi connectivity index (χ0) is 11.9. The van der Waals surface area contributed by atoms with E-state index in [1.165, 1.54) is 0 Å². The third-order valence-electron chi connectivity index (χ3n) is 1.68. The zero-order valence-corrected chi connectivity index (χ0v) is 10.4. The summed E-state index contributed by atoms with van der Waals surface area (Å²) in [5.41, 5.74) is 2.46. The van der Waals surface area contributed by atoms with Gasteiger partial charge in [0.15, 0.2) is 0 Å². The van der Waals surface area contributed by atoms with E-state index in [9.17, 15) is 4.79 Å². The number of alkyl halides is 2. The molecule has 0 aliphatic carbocycles. The molecule has 0 radical (unpaired) electrons. The van der Waals surface area contributed by atoms with Gasteiger partial charge in [-0.25, -0.2) is 10.3 Å². The number of hydrogen-bond acceptors (Lipinski definition) is 5. The molecule has 1 amide bonds. The van der Waals surface area contributed by atoms with Crippen molar-refractivity contribution in [3.63, 3.8) is 0 Å². The van der Waals surface area contributed by atoms with Crippen molar-refractivity contribution in [2.75, 3.05) is 27.0 Å². The van der Waals surface area contributed by atoms with Crippen LogP contribution in [-0.2, 0) is 9.63 Å². The van der Waals surface area contributed by atoms with Gasteiger partial charge < -0.3 is 0 Å². The summed E-state index contributed by atoms with van der Waals surface area (Å²) in [7, 11) is 4.78. The lowest BCUT2D eigenvalue weighted by molar-refractivity contribution is -0.165. The lowest BCUT2D eigenvalue weighted by atomic mass is 10.4. The Morgan fingerprint density at radius 1 is 1.40 bits per heavy atom. The molecule has 0 fully saturated rings. The molecule has 0 heterocycles. The fourth-order valence-electron chi connectivity index (χ4n) is 0.853. The summed E-state index contributed by atoms with van der Waals surface area (Å²) in [6.07, 6.45) is 0. The van der Waals surface area contributed by atoms with Crippen molar-refractivity contribution in [2.45, 2.75) is 11.3 Å². The summed E-state index contributed by atoms with van der Waals surface area (Å²) in [5, 5.41) is 7.20. The van der Waals surface area contributed by atoms with Gasteiger partial charge in [0.1, 0.15) is 5.38 Å². The highest BCUT2D eigenvalue weighted by atomic mass is 35.5. The molecule has 15 heavy (non-hydrogen) atoms. The Kier molecular flexibility index (Phi) is 7.16. The SMILES string of the molecule is CNOC(NC)(NC)NC(=O)C(Cl)CCl. The molecule has 0 aliphatic heterocycles. The van der Waals surface area contributed by atoms with Crippen molar-refractivity contribution in [2.24, 2.45) is 0 Å². The van der Waals surface area contributed by atoms with Gasteiger partial charge in [0.25, 0.3) is 5.97 Å². The predicted molar refractivity (Wildman–Crippen MR) is 59.5 cm³/mol. The quantitative estimate of drug-likeness (QED) is 0.272. The summed E-state index contributed by atoms with van der Waals surface area (Å²) in [5.74, 6) is -1.63. The van der Waals surface area contributed by atoms with Crippen molar-refractivity contribution in [1.82, 2.24) is 21.4 Å². The van der Waals surface area contributed by atoms with Crippen molar-refractivity contribution >= 4 is 29.1 Å². The van der Waals surface area contributed by atoms with Crippen LogP contribution in [0.25, 0.3) is 0 Å². The van der Waals surface area contributed by atoms with E-state index in [0.29, 0.717) is 0 Å². The van der Waals surface area contributed by atoms with Crippen molar-refractivity contribution in [1.29, 1.82) is 0 Å². The van der Waals surface area contributed by atoms with Crippen LogP contribution in [0.2, 0.25) is 0 Å². The second kappa shape index (κ2) is 7.21. The fraction of sp³-hybridized carbons (Fsp3) is 0.857. The maximum Gasteiger partial charge on any atom is 0.276 e. The Bertz CT molecular complexity index is 201. The van der Waals surface area contributed by atoms with Crippen LogP contribution < -0.4 is 21.4 Å². The van der Waals surface area contributed by atoms with Crippen LogP contribution >= 0.6 is 23.2 Å². The summed E-state index contributed by atoms with van der Waals surface area (Å²) in [4.78, 5) is 16.6. The molecular formula is C7H16Cl2N4O2. The number of nitrogens with one attached hydrogen (secondary N) is 4. The highest BCUT2D eigenvalue weighted by Crippen LogP contribution is 2.02. The highest BCUT2D eigenvalue weighted by molar-refractivity contribution is 6.36. The van der Waals surface area contributed by atoms with Gasteiger partial charge in [0.05, 0.1) is 0 Å². The first-order chi connectivity index (χ1) is 7.05. The molecule has 0 spiro atoms. The topological polar surface area (TPSA) is 74.4 Å². The van der Waals surface area contributed by atoms with E-state index >= 15 is 0 Å². The highest BCUT2D eigenvalue weighted by Gasteiger charge is 2.31. The van der Waals surface area contributed by atoms with E-state index < -0.39 is 17.3 Å². The third-order valence-corrected chi connectivity index (χ3v) is 2.50. The Labute approximate surface area is 99.0 Å². The summed E-state index contributed by atoms with van der Waals surface area (Å²) in [6.45, 7) is 0. The number of rotatable bonds is 7. The van der Waals surface area contributed by atoms with Gasteiger partial charge in [0.2, 0.25) is 5.91 Å². The van der Waals surface area contributed by atoms with Crippen LogP contribution in [0.15, 0.2) is 0 Å². The van der Waals surface area contributed by atoms with Gasteiger partial charge in [0, 0.05) is 12.9 Å². The molecule has 90 valence electrons. The average Bonchev–Trinajstić information content (AvgIpc) is 2.27. The maximum atomic E-state index is 11.5.